The number of halogens is 1. The highest BCUT2D eigenvalue weighted by molar-refractivity contribution is 6.31. The van der Waals surface area contributed by atoms with Gasteiger partial charge in [0, 0.05) is 10.7 Å². The van der Waals surface area contributed by atoms with Gasteiger partial charge in [-0.25, -0.2) is 9.78 Å². The quantitative estimate of drug-likeness (QED) is 0.706. The molecule has 6 nitrogen and oxygen atoms in total. The first kappa shape index (κ1) is 15.2. The van der Waals surface area contributed by atoms with Gasteiger partial charge in [0.25, 0.3) is 0 Å². The van der Waals surface area contributed by atoms with Crippen LogP contribution in [0.5, 0.6) is 0 Å². The van der Waals surface area contributed by atoms with E-state index in [4.69, 9.17) is 11.6 Å². The molecule has 2 heterocycles. The molecule has 0 atom stereocenters. The van der Waals surface area contributed by atoms with Crippen LogP contribution in [0.25, 0.3) is 5.65 Å². The number of aromatic carboxylic acids is 1. The monoisotopic (exact) mass is 328 g/mol. The molecule has 0 saturated heterocycles. The molecular weight excluding hydrogens is 316 g/mol. The Morgan fingerprint density at radius 3 is 2.70 bits per heavy atom. The van der Waals surface area contributed by atoms with Crippen LogP contribution in [0.2, 0.25) is 5.02 Å². The van der Waals surface area contributed by atoms with Gasteiger partial charge >= 0.3 is 5.97 Å². The second kappa shape index (κ2) is 5.81. The first-order valence-electron chi connectivity index (χ1n) is 6.86. The maximum Gasteiger partial charge on any atom is 0.358 e. The molecule has 0 saturated carbocycles. The Bertz CT molecular complexity index is 947. The van der Waals surface area contributed by atoms with Gasteiger partial charge in [-0.3, -0.25) is 4.40 Å². The van der Waals surface area contributed by atoms with Crippen LogP contribution in [0.3, 0.4) is 0 Å². The van der Waals surface area contributed by atoms with Gasteiger partial charge in [0.05, 0.1) is 5.69 Å². The van der Waals surface area contributed by atoms with Crippen LogP contribution in [-0.2, 0) is 0 Å². The Balaban J connectivity index is 2.14. The summed E-state index contributed by atoms with van der Waals surface area (Å²) in [7, 11) is 0. The van der Waals surface area contributed by atoms with Crippen LogP contribution in [0.1, 0.15) is 21.7 Å². The Kier molecular flexibility index (Phi) is 3.83. The van der Waals surface area contributed by atoms with Crippen molar-refractivity contribution in [1.29, 1.82) is 0 Å². The fraction of sp³-hybridized carbons (Fsp3) is 0.125. The number of hydrogen-bond acceptors (Lipinski definition) is 4. The van der Waals surface area contributed by atoms with Crippen molar-refractivity contribution in [3.05, 3.63) is 58.4 Å². The van der Waals surface area contributed by atoms with Crippen molar-refractivity contribution >= 4 is 34.7 Å². The van der Waals surface area contributed by atoms with Gasteiger partial charge in [-0.15, -0.1) is 10.2 Å². The lowest BCUT2D eigenvalue weighted by Gasteiger charge is -2.01. The minimum absolute atomic E-state index is 0.138. The van der Waals surface area contributed by atoms with Gasteiger partial charge in [0.15, 0.2) is 11.5 Å². The molecule has 1 N–H and O–H groups in total. The number of imidazole rings is 1. The van der Waals surface area contributed by atoms with E-state index in [1.54, 1.807) is 22.6 Å². The molecule has 0 fully saturated rings. The van der Waals surface area contributed by atoms with Crippen molar-refractivity contribution in [2.24, 2.45) is 10.2 Å². The molecule has 0 aliphatic carbocycles. The molecule has 0 bridgehead atoms. The van der Waals surface area contributed by atoms with Crippen LogP contribution in [0, 0.1) is 13.8 Å². The molecule has 0 unspecified atom stereocenters. The Morgan fingerprint density at radius 1 is 1.22 bits per heavy atom. The summed E-state index contributed by atoms with van der Waals surface area (Å²) in [6.45, 7) is 3.74. The molecule has 0 spiro atoms. The maximum absolute atomic E-state index is 11.4. The summed E-state index contributed by atoms with van der Waals surface area (Å²) >= 11 is 6.06. The number of benzene rings is 1. The van der Waals surface area contributed by atoms with Gasteiger partial charge in [0.2, 0.25) is 0 Å². The zero-order valence-corrected chi connectivity index (χ0v) is 13.2. The average Bonchev–Trinajstić information content (AvgIpc) is 2.89. The highest BCUT2D eigenvalue weighted by Crippen LogP contribution is 2.27. The minimum atomic E-state index is -1.15. The van der Waals surface area contributed by atoms with E-state index in [0.717, 1.165) is 11.3 Å². The smallest absolute Gasteiger partial charge is 0.358 e. The first-order chi connectivity index (χ1) is 11.0. The van der Waals surface area contributed by atoms with Crippen molar-refractivity contribution in [3.63, 3.8) is 0 Å². The van der Waals surface area contributed by atoms with Crippen LogP contribution in [-0.4, -0.2) is 20.5 Å². The second-order valence-corrected chi connectivity index (χ2v) is 5.49. The van der Waals surface area contributed by atoms with E-state index in [2.05, 4.69) is 15.2 Å². The fourth-order valence-electron chi connectivity index (χ4n) is 2.22. The lowest BCUT2D eigenvalue weighted by atomic mass is 10.2. The molecule has 0 aliphatic rings. The lowest BCUT2D eigenvalue weighted by Crippen LogP contribution is -1.97. The van der Waals surface area contributed by atoms with Crippen LogP contribution in [0.15, 0.2) is 46.6 Å². The largest absolute Gasteiger partial charge is 0.476 e. The summed E-state index contributed by atoms with van der Waals surface area (Å²) in [5, 5.41) is 18.1. The second-order valence-electron chi connectivity index (χ2n) is 5.08. The predicted octanol–water partition coefficient (Wildman–Crippen LogP) is 4.72. The Hall–Kier alpha value is -2.73. The summed E-state index contributed by atoms with van der Waals surface area (Å²) in [5.41, 5.74) is 2.67. The molecule has 3 rings (SSSR count). The van der Waals surface area contributed by atoms with Crippen molar-refractivity contribution in [2.45, 2.75) is 13.8 Å². The van der Waals surface area contributed by atoms with E-state index in [9.17, 15) is 9.90 Å². The summed E-state index contributed by atoms with van der Waals surface area (Å²) in [4.78, 5) is 15.5. The summed E-state index contributed by atoms with van der Waals surface area (Å²) in [5.74, 6) is -0.966. The molecule has 0 amide bonds. The third-order valence-electron chi connectivity index (χ3n) is 3.43. The third-order valence-corrected chi connectivity index (χ3v) is 3.84. The Labute approximate surface area is 137 Å². The molecule has 3 aromatic rings. The van der Waals surface area contributed by atoms with E-state index >= 15 is 0 Å². The minimum Gasteiger partial charge on any atom is -0.476 e. The maximum atomic E-state index is 11.4. The molecule has 116 valence electrons. The Morgan fingerprint density at radius 2 is 2.00 bits per heavy atom. The van der Waals surface area contributed by atoms with E-state index in [-0.39, 0.29) is 11.5 Å². The summed E-state index contributed by atoms with van der Waals surface area (Å²) in [6, 6.07) is 10.7. The highest BCUT2D eigenvalue weighted by Gasteiger charge is 2.19. The standard InChI is InChI=1S/C16H13ClN4O2/c1-9-6-7-11(8-12(9)17)19-20-15-14(16(22)23)18-13-5-3-4-10(2)21(13)15/h3-8H,1-2H3,(H,22,23). The van der Waals surface area contributed by atoms with Crippen molar-refractivity contribution in [1.82, 2.24) is 9.38 Å². The summed E-state index contributed by atoms with van der Waals surface area (Å²) in [6.07, 6.45) is 0. The van der Waals surface area contributed by atoms with Gasteiger partial charge in [-0.05, 0) is 43.7 Å². The van der Waals surface area contributed by atoms with Crippen molar-refractivity contribution in [3.8, 4) is 0 Å². The zero-order valence-electron chi connectivity index (χ0n) is 12.5. The molecule has 23 heavy (non-hydrogen) atoms. The molecule has 0 aliphatic heterocycles. The predicted molar refractivity (Wildman–Crippen MR) is 87.3 cm³/mol. The topological polar surface area (TPSA) is 79.3 Å². The van der Waals surface area contributed by atoms with Gasteiger partial charge in [-0.2, -0.15) is 0 Å². The molecule has 7 heteroatoms. The average molecular weight is 329 g/mol. The molecule has 0 radical (unpaired) electrons. The van der Waals surface area contributed by atoms with Gasteiger partial charge in [-0.1, -0.05) is 23.7 Å². The van der Waals surface area contributed by atoms with Crippen LogP contribution in [0.4, 0.5) is 11.5 Å². The van der Waals surface area contributed by atoms with Gasteiger partial charge < -0.3 is 5.11 Å². The SMILES string of the molecule is Cc1ccc(N=Nc2c(C(=O)O)nc3cccc(C)n23)cc1Cl. The van der Waals surface area contributed by atoms with E-state index in [1.807, 2.05) is 32.0 Å². The first-order valence-corrected chi connectivity index (χ1v) is 7.24. The highest BCUT2D eigenvalue weighted by atomic mass is 35.5. The number of hydrogen-bond donors (Lipinski definition) is 1. The lowest BCUT2D eigenvalue weighted by molar-refractivity contribution is 0.0692. The number of carbonyl (C=O) groups is 1. The number of fused-ring (bicyclic) bond motifs is 1. The number of nitrogens with zero attached hydrogens (tertiary/aromatic N) is 4. The van der Waals surface area contributed by atoms with E-state index < -0.39 is 5.97 Å². The van der Waals surface area contributed by atoms with Crippen LogP contribution < -0.4 is 0 Å². The number of aryl methyl sites for hydroxylation is 2. The summed E-state index contributed by atoms with van der Waals surface area (Å²) < 4.78 is 1.66. The zero-order chi connectivity index (χ0) is 16.6. The fourth-order valence-corrected chi connectivity index (χ4v) is 2.40. The third kappa shape index (κ3) is 2.80. The number of carboxylic acids is 1. The normalized spacial score (nSPS) is 11.4. The molecule has 1 aromatic carbocycles. The van der Waals surface area contributed by atoms with Gasteiger partial charge in [0.1, 0.15) is 5.65 Å². The number of rotatable bonds is 3. The van der Waals surface area contributed by atoms with E-state index in [1.165, 1.54) is 0 Å². The van der Waals surface area contributed by atoms with E-state index in [0.29, 0.717) is 16.4 Å². The molecule has 2 aromatic heterocycles. The number of carboxylic acid groups (broad SMARTS) is 1. The molecular formula is C16H13ClN4O2. The van der Waals surface area contributed by atoms with Crippen LogP contribution >= 0.6 is 11.6 Å². The number of pyridine rings is 1. The number of aromatic nitrogens is 2. The van der Waals surface area contributed by atoms with Crippen molar-refractivity contribution in [2.75, 3.05) is 0 Å². The number of azo groups is 1. The van der Waals surface area contributed by atoms with Crippen molar-refractivity contribution < 1.29 is 9.90 Å².